The van der Waals surface area contributed by atoms with Gasteiger partial charge in [-0.05, 0) is 56.1 Å². The van der Waals surface area contributed by atoms with Gasteiger partial charge in [0.15, 0.2) is 0 Å². The van der Waals surface area contributed by atoms with Gasteiger partial charge in [-0.2, -0.15) is 0 Å². The van der Waals surface area contributed by atoms with Crippen LogP contribution in [0.15, 0.2) is 18.2 Å². The summed E-state index contributed by atoms with van der Waals surface area (Å²) in [6.45, 7) is 9.23. The molecule has 251 valence electrons. The van der Waals surface area contributed by atoms with Crippen LogP contribution in [-0.2, 0) is 39.3 Å². The zero-order chi connectivity index (χ0) is 32.7. The molecule has 1 aromatic heterocycles. The predicted octanol–water partition coefficient (Wildman–Crippen LogP) is 5.66. The number of alkyl carbamates (subject to hydrolysis) is 1. The molecule has 6 atom stereocenters. The summed E-state index contributed by atoms with van der Waals surface area (Å²) in [7, 11) is 0. The normalized spacial score (nSPS) is 29.1. The monoisotopic (exact) mass is 684 g/mol. The maximum Gasteiger partial charge on any atom is 0.573 e. The maximum atomic E-state index is 14.1. The van der Waals surface area contributed by atoms with E-state index in [-0.39, 0.29) is 42.4 Å². The Morgan fingerprint density at radius 1 is 1.13 bits per heavy atom. The minimum atomic E-state index is -4.87. The predicted molar refractivity (Wildman–Crippen MR) is 157 cm³/mol. The fraction of sp³-hybridized carbons (Fsp3) is 0.656. The van der Waals surface area contributed by atoms with E-state index in [1.54, 1.807) is 0 Å². The van der Waals surface area contributed by atoms with Crippen LogP contribution in [0.1, 0.15) is 78.8 Å². The van der Waals surface area contributed by atoms with E-state index in [0.717, 1.165) is 38.2 Å². The van der Waals surface area contributed by atoms with Crippen LogP contribution in [0.3, 0.4) is 0 Å². The third kappa shape index (κ3) is 7.90. The van der Waals surface area contributed by atoms with Gasteiger partial charge in [-0.15, -0.1) is 13.2 Å². The molecule has 46 heavy (non-hydrogen) atoms. The summed E-state index contributed by atoms with van der Waals surface area (Å²) >= 11 is 0. The molecule has 3 heterocycles. The molecular formula is C32H40F3N4O6V-. The van der Waals surface area contributed by atoms with E-state index in [1.807, 2.05) is 40.9 Å². The number of rotatable bonds is 3. The molecule has 0 unspecified atom stereocenters. The van der Waals surface area contributed by atoms with Gasteiger partial charge >= 0.3 is 12.5 Å². The van der Waals surface area contributed by atoms with Gasteiger partial charge in [-0.25, -0.2) is 21.0 Å². The minimum Gasteiger partial charge on any atom is -0.540 e. The second-order valence-corrected chi connectivity index (χ2v) is 13.6. The van der Waals surface area contributed by atoms with Gasteiger partial charge in [-0.1, -0.05) is 53.0 Å². The van der Waals surface area contributed by atoms with Gasteiger partial charge in [0, 0.05) is 30.5 Å². The average molecular weight is 685 g/mol. The van der Waals surface area contributed by atoms with Gasteiger partial charge in [0.1, 0.15) is 29.2 Å². The van der Waals surface area contributed by atoms with Crippen molar-refractivity contribution in [3.63, 3.8) is 0 Å². The summed E-state index contributed by atoms with van der Waals surface area (Å²) in [4.78, 5) is 50.1. The molecule has 2 aromatic rings. The van der Waals surface area contributed by atoms with Crippen molar-refractivity contribution < 1.29 is 60.3 Å². The number of nitrogens with zero attached hydrogens (tertiary/aromatic N) is 3. The molecule has 14 heteroatoms. The van der Waals surface area contributed by atoms with Crippen LogP contribution in [0, 0.1) is 17.3 Å². The topological polar surface area (TPSA) is 120 Å². The number of amides is 2. The molecule has 1 N–H and O–H groups in total. The van der Waals surface area contributed by atoms with Crippen molar-refractivity contribution >= 4 is 29.3 Å². The Morgan fingerprint density at radius 3 is 2.52 bits per heavy atom. The average Bonchev–Trinajstić information content (AvgIpc) is 3.43. The molecule has 1 aromatic carbocycles. The molecule has 3 aliphatic rings. The van der Waals surface area contributed by atoms with Crippen LogP contribution >= 0.6 is 0 Å². The number of hydrogen-bond acceptors (Lipinski definition) is 8. The Hall–Kier alpha value is -3.06. The first-order valence-corrected chi connectivity index (χ1v) is 15.5. The van der Waals surface area contributed by atoms with Crippen molar-refractivity contribution in [2.24, 2.45) is 17.3 Å². The molecule has 1 saturated carbocycles. The van der Waals surface area contributed by atoms with Crippen LogP contribution in [0.25, 0.3) is 11.0 Å². The van der Waals surface area contributed by atoms with Crippen molar-refractivity contribution in [1.82, 2.24) is 20.2 Å². The first-order valence-electron chi connectivity index (χ1n) is 15.5. The fourth-order valence-corrected chi connectivity index (χ4v) is 6.51. The Morgan fingerprint density at radius 2 is 1.87 bits per heavy atom. The molecule has 2 bridgehead atoms. The molecule has 1 aliphatic carbocycles. The first kappa shape index (κ1) is 35.8. The van der Waals surface area contributed by atoms with E-state index in [2.05, 4.69) is 15.0 Å². The van der Waals surface area contributed by atoms with Gasteiger partial charge in [0.05, 0.1) is 17.6 Å². The van der Waals surface area contributed by atoms with E-state index in [4.69, 9.17) is 14.5 Å². The summed E-state index contributed by atoms with van der Waals surface area (Å²) in [5.41, 5.74) is -0.247. The maximum absolute atomic E-state index is 14.1. The van der Waals surface area contributed by atoms with E-state index in [1.165, 1.54) is 17.0 Å². The molecule has 10 nitrogen and oxygen atoms in total. The second-order valence-electron chi connectivity index (χ2n) is 13.6. The van der Waals surface area contributed by atoms with E-state index < -0.39 is 59.2 Å². The van der Waals surface area contributed by atoms with Crippen LogP contribution in [-0.4, -0.2) is 69.9 Å². The smallest absolute Gasteiger partial charge is 0.540 e. The Bertz CT molecular complexity index is 1450. The van der Waals surface area contributed by atoms with Crippen molar-refractivity contribution in [3.05, 3.63) is 23.9 Å². The van der Waals surface area contributed by atoms with Crippen molar-refractivity contribution in [1.29, 1.82) is 0 Å². The van der Waals surface area contributed by atoms with E-state index in [9.17, 15) is 27.6 Å². The van der Waals surface area contributed by atoms with Crippen molar-refractivity contribution in [2.75, 3.05) is 6.54 Å². The number of hydrogen-bond donors (Lipinski definition) is 1. The number of ether oxygens (including phenoxy) is 3. The summed E-state index contributed by atoms with van der Waals surface area (Å²) < 4.78 is 55.1. The van der Waals surface area contributed by atoms with Gasteiger partial charge in [-0.3, -0.25) is 4.79 Å². The van der Waals surface area contributed by atoms with Crippen molar-refractivity contribution in [2.45, 2.75) is 110 Å². The van der Waals surface area contributed by atoms with E-state index in [0.29, 0.717) is 24.1 Å². The number of carbonyl (C=O) groups is 2. The number of aromatic nitrogens is 2. The third-order valence-electron chi connectivity index (χ3n) is 9.16. The largest absolute Gasteiger partial charge is 0.573 e. The standard InChI is InChI=1S/C32H40F3N4O6.V/c1-6-20-24(17-40)39-16-25(20)43-27-22(36-21-13-12-19(14-23(21)37-27)44-32(33,34)35)11-9-7-8-10-18-15-31(18,5)45-29(42)38-26(28(39)41)30(2,3)4;/h12-14,18,20,24-26H,6-11,15-16H2,1-5H3,(H,38,42);/q-1;/t18-,20+,24-,25+,26-,31-;/m1./s1. The number of nitrogens with one attached hydrogen (secondary N) is 1. The number of benzene rings is 1. The quantitative estimate of drug-likeness (QED) is 0.412. The molecule has 2 fully saturated rings. The summed E-state index contributed by atoms with van der Waals surface area (Å²) in [6, 6.07) is 1.81. The number of halogens is 3. The Labute approximate surface area is 278 Å². The molecule has 0 spiro atoms. The number of carbonyl (C=O) groups excluding carboxylic acids is 3. The van der Waals surface area contributed by atoms with Crippen LogP contribution < -0.4 is 14.8 Å². The Balaban J connectivity index is 0.00000480. The zero-order valence-electron chi connectivity index (χ0n) is 26.6. The summed E-state index contributed by atoms with van der Waals surface area (Å²) in [5.74, 6) is -1.02. The third-order valence-corrected chi connectivity index (χ3v) is 9.16. The second kappa shape index (κ2) is 13.6. The summed E-state index contributed by atoms with van der Waals surface area (Å²) in [5, 5.41) is 2.77. The molecule has 2 amide bonds. The fourth-order valence-electron chi connectivity index (χ4n) is 6.51. The number of aryl methyl sites for hydroxylation is 1. The van der Waals surface area contributed by atoms with Crippen LogP contribution in [0.5, 0.6) is 11.6 Å². The van der Waals surface area contributed by atoms with Crippen LogP contribution in [0.2, 0.25) is 0 Å². The molecule has 1 radical (unpaired) electrons. The summed E-state index contributed by atoms with van der Waals surface area (Å²) in [6.07, 6.45) is 0.856. The molecule has 1 saturated heterocycles. The molecule has 5 rings (SSSR count). The number of fused-ring (bicyclic) bond motifs is 5. The number of alkyl halides is 3. The van der Waals surface area contributed by atoms with Crippen LogP contribution in [0.4, 0.5) is 18.0 Å². The minimum absolute atomic E-state index is 0. The SMILES string of the molecule is CC[C@@H]1[C@@H]2CN(C(=O)[C@H](C(C)(C)C)NC(=O)O[C@]3(C)C[C@H]3CCCCCc3nc4ccc(OC(F)(F)F)cc4nc3O2)[C@@H]1[C-]=O.[V]. The molecule has 2 aliphatic heterocycles. The van der Waals surface area contributed by atoms with Crippen molar-refractivity contribution in [3.8, 4) is 11.6 Å². The van der Waals surface area contributed by atoms with Gasteiger partial charge < -0.3 is 29.2 Å². The van der Waals surface area contributed by atoms with Gasteiger partial charge in [0.25, 0.3) is 0 Å². The zero-order valence-corrected chi connectivity index (χ0v) is 28.0. The first-order chi connectivity index (χ1) is 21.1. The van der Waals surface area contributed by atoms with E-state index >= 15 is 0 Å². The molecular weight excluding hydrogens is 644 g/mol. The van der Waals surface area contributed by atoms with Gasteiger partial charge in [0.2, 0.25) is 11.8 Å². The Kier molecular flexibility index (Phi) is 10.6.